The van der Waals surface area contributed by atoms with Crippen LogP contribution in [0.1, 0.15) is 0 Å². The summed E-state index contributed by atoms with van der Waals surface area (Å²) in [5.74, 6) is -0.206. The van der Waals surface area contributed by atoms with Gasteiger partial charge in [-0.25, -0.2) is 8.42 Å². The minimum Gasteiger partial charge on any atom is -0.495 e. The summed E-state index contributed by atoms with van der Waals surface area (Å²) in [6.07, 6.45) is 0. The number of methoxy groups -OCH3 is 1. The van der Waals surface area contributed by atoms with Crippen molar-refractivity contribution >= 4 is 56.4 Å². The van der Waals surface area contributed by atoms with E-state index in [4.69, 9.17) is 39.5 Å². The lowest BCUT2D eigenvalue weighted by atomic mass is 10.3. The van der Waals surface area contributed by atoms with Gasteiger partial charge in [0.2, 0.25) is 5.91 Å². The molecular formula is C17H17Cl3N2O4S. The van der Waals surface area contributed by atoms with Crippen LogP contribution >= 0.6 is 34.8 Å². The van der Waals surface area contributed by atoms with Crippen LogP contribution in [0.15, 0.2) is 41.3 Å². The predicted molar refractivity (Wildman–Crippen MR) is 108 cm³/mol. The van der Waals surface area contributed by atoms with Crippen molar-refractivity contribution in [2.75, 3.05) is 32.1 Å². The average molecular weight is 452 g/mol. The third-order valence-corrected chi connectivity index (χ3v) is 6.29. The summed E-state index contributed by atoms with van der Waals surface area (Å²) in [6, 6.07) is 8.34. The summed E-state index contributed by atoms with van der Waals surface area (Å²) >= 11 is 18.1. The van der Waals surface area contributed by atoms with Crippen molar-refractivity contribution in [1.29, 1.82) is 0 Å². The van der Waals surface area contributed by atoms with Crippen LogP contribution in [-0.4, -0.2) is 47.0 Å². The van der Waals surface area contributed by atoms with Gasteiger partial charge in [-0.1, -0.05) is 34.8 Å². The predicted octanol–water partition coefficient (Wildman–Crippen LogP) is 3.94. The number of anilines is 1. The van der Waals surface area contributed by atoms with Gasteiger partial charge < -0.3 is 9.64 Å². The first-order valence-electron chi connectivity index (χ1n) is 7.59. The molecule has 0 fully saturated rings. The summed E-state index contributed by atoms with van der Waals surface area (Å²) in [7, 11) is 0.330. The summed E-state index contributed by atoms with van der Waals surface area (Å²) in [4.78, 5) is 13.5. The SMILES string of the molecule is COc1cc(N(CC(=O)N(C)C)S(=O)(=O)c2ccc(Cl)cc2)c(Cl)cc1Cl. The van der Waals surface area contributed by atoms with Crippen LogP contribution in [0.5, 0.6) is 5.75 Å². The fourth-order valence-corrected chi connectivity index (χ4v) is 4.33. The molecule has 0 aliphatic carbocycles. The molecule has 0 saturated heterocycles. The maximum atomic E-state index is 13.2. The summed E-state index contributed by atoms with van der Waals surface area (Å²) in [5.41, 5.74) is 0.0723. The number of hydrogen-bond acceptors (Lipinski definition) is 4. The van der Waals surface area contributed by atoms with Gasteiger partial charge >= 0.3 is 0 Å². The number of halogens is 3. The Morgan fingerprint density at radius 2 is 1.63 bits per heavy atom. The molecule has 2 rings (SSSR count). The minimum atomic E-state index is -4.12. The maximum Gasteiger partial charge on any atom is 0.264 e. The van der Waals surface area contributed by atoms with Crippen LogP contribution in [0.2, 0.25) is 15.1 Å². The Kier molecular flexibility index (Phi) is 6.86. The molecular weight excluding hydrogens is 435 g/mol. The van der Waals surface area contributed by atoms with E-state index in [0.717, 1.165) is 4.31 Å². The molecule has 2 aromatic carbocycles. The Labute approximate surface area is 173 Å². The van der Waals surface area contributed by atoms with E-state index < -0.39 is 22.5 Å². The van der Waals surface area contributed by atoms with Crippen LogP contribution in [0.3, 0.4) is 0 Å². The van der Waals surface area contributed by atoms with E-state index in [2.05, 4.69) is 0 Å². The summed E-state index contributed by atoms with van der Waals surface area (Å²) < 4.78 is 32.5. The van der Waals surface area contributed by atoms with E-state index in [9.17, 15) is 13.2 Å². The second kappa shape index (κ2) is 8.56. The Morgan fingerprint density at radius 1 is 1.04 bits per heavy atom. The van der Waals surface area contributed by atoms with Crippen molar-refractivity contribution < 1.29 is 17.9 Å². The number of benzene rings is 2. The summed E-state index contributed by atoms with van der Waals surface area (Å²) in [5, 5.41) is 0.662. The molecule has 2 aromatic rings. The van der Waals surface area contributed by atoms with Crippen LogP contribution in [0.4, 0.5) is 5.69 Å². The number of rotatable bonds is 6. The highest BCUT2D eigenvalue weighted by Gasteiger charge is 2.30. The highest BCUT2D eigenvalue weighted by Crippen LogP contribution is 2.38. The lowest BCUT2D eigenvalue weighted by molar-refractivity contribution is -0.127. The quantitative estimate of drug-likeness (QED) is 0.667. The van der Waals surface area contributed by atoms with Crippen molar-refractivity contribution in [3.63, 3.8) is 0 Å². The molecule has 0 aromatic heterocycles. The molecule has 0 atom stereocenters. The Morgan fingerprint density at radius 3 is 2.15 bits per heavy atom. The van der Waals surface area contributed by atoms with Gasteiger partial charge in [-0.3, -0.25) is 9.10 Å². The van der Waals surface area contributed by atoms with Gasteiger partial charge in [0.15, 0.2) is 0 Å². The zero-order valence-electron chi connectivity index (χ0n) is 14.7. The van der Waals surface area contributed by atoms with Gasteiger partial charge in [-0.05, 0) is 30.3 Å². The Bertz CT molecular complexity index is 947. The molecule has 0 aliphatic rings. The molecule has 146 valence electrons. The molecule has 27 heavy (non-hydrogen) atoms. The van der Waals surface area contributed by atoms with Crippen molar-refractivity contribution in [2.45, 2.75) is 4.90 Å². The van der Waals surface area contributed by atoms with Gasteiger partial charge in [0.25, 0.3) is 10.0 Å². The second-order valence-electron chi connectivity index (χ2n) is 5.69. The van der Waals surface area contributed by atoms with Crippen molar-refractivity contribution in [1.82, 2.24) is 4.90 Å². The number of sulfonamides is 1. The minimum absolute atomic E-state index is 0.0385. The van der Waals surface area contributed by atoms with E-state index in [0.29, 0.717) is 5.02 Å². The van der Waals surface area contributed by atoms with Crippen LogP contribution in [0, 0.1) is 0 Å². The van der Waals surface area contributed by atoms with Crippen molar-refractivity contribution in [3.8, 4) is 5.75 Å². The van der Waals surface area contributed by atoms with Gasteiger partial charge in [-0.2, -0.15) is 0 Å². The van der Waals surface area contributed by atoms with E-state index in [1.807, 2.05) is 0 Å². The highest BCUT2D eigenvalue weighted by atomic mass is 35.5. The number of ether oxygens (including phenoxy) is 1. The molecule has 0 bridgehead atoms. The first kappa shape index (κ1) is 21.6. The highest BCUT2D eigenvalue weighted by molar-refractivity contribution is 7.92. The van der Waals surface area contributed by atoms with Crippen LogP contribution in [-0.2, 0) is 14.8 Å². The van der Waals surface area contributed by atoms with E-state index in [1.54, 1.807) is 0 Å². The molecule has 0 spiro atoms. The smallest absolute Gasteiger partial charge is 0.264 e. The molecule has 0 N–H and O–H groups in total. The van der Waals surface area contributed by atoms with Gasteiger partial charge in [0, 0.05) is 25.2 Å². The standard InChI is InChI=1S/C17H17Cl3N2O4S/c1-21(2)17(23)10-22(15-9-16(26-3)14(20)8-13(15)19)27(24,25)12-6-4-11(18)5-7-12/h4-9H,10H2,1-3H3. The van der Waals surface area contributed by atoms with Crippen LogP contribution < -0.4 is 9.04 Å². The monoisotopic (exact) mass is 450 g/mol. The van der Waals surface area contributed by atoms with Crippen molar-refractivity contribution in [2.24, 2.45) is 0 Å². The molecule has 0 aliphatic heterocycles. The number of carbonyl (C=O) groups is 1. The first-order valence-corrected chi connectivity index (χ1v) is 10.2. The lowest BCUT2D eigenvalue weighted by Crippen LogP contribution is -2.40. The maximum absolute atomic E-state index is 13.2. The third-order valence-electron chi connectivity index (χ3n) is 3.67. The number of hydrogen-bond donors (Lipinski definition) is 0. The van der Waals surface area contributed by atoms with Gasteiger partial charge in [0.05, 0.1) is 27.7 Å². The number of likely N-dealkylation sites (N-methyl/N-ethyl adjacent to an activating group) is 1. The second-order valence-corrected chi connectivity index (χ2v) is 8.81. The zero-order valence-corrected chi connectivity index (χ0v) is 17.8. The molecule has 10 heteroatoms. The summed E-state index contributed by atoms with van der Waals surface area (Å²) in [6.45, 7) is -0.456. The Hall–Kier alpha value is -1.67. The first-order chi connectivity index (χ1) is 12.6. The van der Waals surface area contributed by atoms with E-state index >= 15 is 0 Å². The Balaban J connectivity index is 2.65. The van der Waals surface area contributed by atoms with Crippen LogP contribution in [0.25, 0.3) is 0 Å². The normalized spacial score (nSPS) is 11.2. The third kappa shape index (κ3) is 4.79. The lowest BCUT2D eigenvalue weighted by Gasteiger charge is -2.26. The number of carbonyl (C=O) groups excluding carboxylic acids is 1. The fourth-order valence-electron chi connectivity index (χ4n) is 2.16. The van der Waals surface area contributed by atoms with E-state index in [-0.39, 0.29) is 26.4 Å². The number of nitrogens with zero attached hydrogens (tertiary/aromatic N) is 2. The molecule has 6 nitrogen and oxygen atoms in total. The molecule has 0 radical (unpaired) electrons. The van der Waals surface area contributed by atoms with E-state index in [1.165, 1.54) is 62.5 Å². The molecule has 0 heterocycles. The largest absolute Gasteiger partial charge is 0.495 e. The zero-order chi connectivity index (χ0) is 20.4. The van der Waals surface area contributed by atoms with Gasteiger partial charge in [-0.15, -0.1) is 0 Å². The van der Waals surface area contributed by atoms with Gasteiger partial charge in [0.1, 0.15) is 12.3 Å². The number of amides is 1. The molecule has 1 amide bonds. The fraction of sp³-hybridized carbons (Fsp3) is 0.235. The molecule has 0 saturated carbocycles. The average Bonchev–Trinajstić information content (AvgIpc) is 2.60. The topological polar surface area (TPSA) is 66.9 Å². The molecule has 0 unspecified atom stereocenters. The van der Waals surface area contributed by atoms with Crippen molar-refractivity contribution in [3.05, 3.63) is 51.5 Å².